The van der Waals surface area contributed by atoms with Gasteiger partial charge in [-0.15, -0.1) is 0 Å². The molecule has 1 fully saturated rings. The number of hydrogen-bond donors (Lipinski definition) is 2. The lowest BCUT2D eigenvalue weighted by atomic mass is 10.0. The molecule has 1 unspecified atom stereocenters. The van der Waals surface area contributed by atoms with Crippen molar-refractivity contribution in [1.82, 2.24) is 5.32 Å². The largest absolute Gasteiger partial charge is 0.349 e. The van der Waals surface area contributed by atoms with Crippen molar-refractivity contribution >= 4 is 17.5 Å². The topological polar surface area (TPSA) is 58.2 Å². The Morgan fingerprint density at radius 1 is 0.920 bits per heavy atom. The van der Waals surface area contributed by atoms with Crippen LogP contribution in [0.2, 0.25) is 0 Å². The molecule has 3 rings (SSSR count). The average molecular weight is 336 g/mol. The Labute approximate surface area is 148 Å². The second-order valence-electron chi connectivity index (χ2n) is 6.91. The van der Waals surface area contributed by atoms with Crippen molar-refractivity contribution in [2.75, 3.05) is 5.32 Å². The predicted octanol–water partition coefficient (Wildman–Crippen LogP) is 3.90. The molecule has 4 nitrogen and oxygen atoms in total. The molecule has 2 amide bonds. The molecule has 0 saturated heterocycles. The third-order valence-electron chi connectivity index (χ3n) is 4.99. The zero-order chi connectivity index (χ0) is 18.0. The minimum atomic E-state index is -0.933. The van der Waals surface area contributed by atoms with E-state index in [2.05, 4.69) is 10.6 Å². The molecule has 2 aromatic carbocycles. The number of hydrogen-bond acceptors (Lipinski definition) is 2. The molecule has 1 aliphatic carbocycles. The standard InChI is InChI=1S/C21H24N2O2/c1-14-8-7-9-15(2)18(14)23-20(25)21(12-13-21)19(24)22-16(3)17-10-5-4-6-11-17/h4-11,16H,12-13H2,1-3H3,(H,22,24)(H,23,25). The van der Waals surface area contributed by atoms with Gasteiger partial charge in [0, 0.05) is 5.69 Å². The maximum atomic E-state index is 12.8. The van der Waals surface area contributed by atoms with Gasteiger partial charge < -0.3 is 10.6 Å². The molecule has 0 aliphatic heterocycles. The molecule has 1 saturated carbocycles. The van der Waals surface area contributed by atoms with Crippen LogP contribution in [0.25, 0.3) is 0 Å². The van der Waals surface area contributed by atoms with E-state index in [9.17, 15) is 9.59 Å². The number of para-hydroxylation sites is 1. The van der Waals surface area contributed by atoms with Crippen molar-refractivity contribution in [3.05, 3.63) is 65.2 Å². The number of aryl methyl sites for hydroxylation is 2. The lowest BCUT2D eigenvalue weighted by molar-refractivity contribution is -0.134. The Balaban J connectivity index is 1.71. The second kappa shape index (κ2) is 6.71. The lowest BCUT2D eigenvalue weighted by Gasteiger charge is -2.21. The molecule has 0 bridgehead atoms. The van der Waals surface area contributed by atoms with Gasteiger partial charge in [-0.25, -0.2) is 0 Å². The Morgan fingerprint density at radius 3 is 2.08 bits per heavy atom. The van der Waals surface area contributed by atoms with E-state index in [1.807, 2.05) is 69.3 Å². The zero-order valence-electron chi connectivity index (χ0n) is 14.9. The van der Waals surface area contributed by atoms with Crippen LogP contribution < -0.4 is 10.6 Å². The van der Waals surface area contributed by atoms with Gasteiger partial charge in [0.15, 0.2) is 0 Å². The molecule has 4 heteroatoms. The van der Waals surface area contributed by atoms with Crippen molar-refractivity contribution in [2.24, 2.45) is 5.41 Å². The minimum Gasteiger partial charge on any atom is -0.349 e. The van der Waals surface area contributed by atoms with E-state index in [1.165, 1.54) is 0 Å². The average Bonchev–Trinajstić information content (AvgIpc) is 3.41. The van der Waals surface area contributed by atoms with Crippen LogP contribution in [-0.4, -0.2) is 11.8 Å². The summed E-state index contributed by atoms with van der Waals surface area (Å²) in [6.45, 7) is 5.85. The first-order valence-corrected chi connectivity index (χ1v) is 8.67. The third kappa shape index (κ3) is 3.43. The van der Waals surface area contributed by atoms with Gasteiger partial charge in [0.05, 0.1) is 6.04 Å². The molecule has 25 heavy (non-hydrogen) atoms. The summed E-state index contributed by atoms with van der Waals surface area (Å²) in [6.07, 6.45) is 1.19. The first-order valence-electron chi connectivity index (χ1n) is 8.67. The molecular formula is C21H24N2O2. The summed E-state index contributed by atoms with van der Waals surface area (Å²) in [5, 5.41) is 5.97. The van der Waals surface area contributed by atoms with Crippen LogP contribution in [-0.2, 0) is 9.59 Å². The molecule has 0 spiro atoms. The quantitative estimate of drug-likeness (QED) is 0.814. The van der Waals surface area contributed by atoms with E-state index >= 15 is 0 Å². The van der Waals surface area contributed by atoms with E-state index < -0.39 is 5.41 Å². The highest BCUT2D eigenvalue weighted by Crippen LogP contribution is 2.47. The number of rotatable bonds is 5. The van der Waals surface area contributed by atoms with Crippen LogP contribution in [0.4, 0.5) is 5.69 Å². The fraction of sp³-hybridized carbons (Fsp3) is 0.333. The number of carbonyl (C=O) groups excluding carboxylic acids is 2. The summed E-state index contributed by atoms with van der Waals surface area (Å²) in [6, 6.07) is 15.5. The molecule has 0 aromatic heterocycles. The highest BCUT2D eigenvalue weighted by molar-refractivity contribution is 6.13. The van der Waals surface area contributed by atoms with E-state index in [-0.39, 0.29) is 17.9 Å². The second-order valence-corrected chi connectivity index (χ2v) is 6.91. The van der Waals surface area contributed by atoms with E-state index in [0.29, 0.717) is 12.8 Å². The Hall–Kier alpha value is -2.62. The summed E-state index contributed by atoms with van der Waals surface area (Å²) in [7, 11) is 0. The van der Waals surface area contributed by atoms with E-state index in [1.54, 1.807) is 0 Å². The fourth-order valence-electron chi connectivity index (χ4n) is 3.09. The van der Waals surface area contributed by atoms with Crippen LogP contribution in [0, 0.1) is 19.3 Å². The van der Waals surface area contributed by atoms with Crippen molar-refractivity contribution in [2.45, 2.75) is 39.7 Å². The number of amides is 2. The molecule has 130 valence electrons. The van der Waals surface area contributed by atoms with Crippen molar-refractivity contribution in [3.63, 3.8) is 0 Å². The lowest BCUT2D eigenvalue weighted by Crippen LogP contribution is -2.41. The molecule has 2 aromatic rings. The number of anilines is 1. The summed E-state index contributed by atoms with van der Waals surface area (Å²) in [5.74, 6) is -0.393. The summed E-state index contributed by atoms with van der Waals surface area (Å²) in [4.78, 5) is 25.5. The van der Waals surface area contributed by atoms with Crippen LogP contribution in [0.5, 0.6) is 0 Å². The SMILES string of the molecule is Cc1cccc(C)c1NC(=O)C1(C(=O)NC(C)c2ccccc2)CC1. The smallest absolute Gasteiger partial charge is 0.240 e. The van der Waals surface area contributed by atoms with Crippen molar-refractivity contribution in [1.29, 1.82) is 0 Å². The van der Waals surface area contributed by atoms with Gasteiger partial charge in [0.2, 0.25) is 11.8 Å². The highest BCUT2D eigenvalue weighted by atomic mass is 16.2. The Bertz CT molecular complexity index is 775. The summed E-state index contributed by atoms with van der Waals surface area (Å²) in [5.41, 5.74) is 2.91. The molecule has 2 N–H and O–H groups in total. The Kier molecular flexibility index (Phi) is 4.62. The van der Waals surface area contributed by atoms with Crippen LogP contribution >= 0.6 is 0 Å². The van der Waals surface area contributed by atoms with Gasteiger partial charge >= 0.3 is 0 Å². The van der Waals surface area contributed by atoms with Crippen LogP contribution in [0.1, 0.15) is 42.5 Å². The maximum Gasteiger partial charge on any atom is 0.240 e. The molecule has 1 atom stereocenters. The van der Waals surface area contributed by atoms with Gasteiger partial charge in [-0.1, -0.05) is 48.5 Å². The minimum absolute atomic E-state index is 0.126. The zero-order valence-corrected chi connectivity index (χ0v) is 14.9. The third-order valence-corrected chi connectivity index (χ3v) is 4.99. The summed E-state index contributed by atoms with van der Waals surface area (Å²) >= 11 is 0. The predicted molar refractivity (Wildman–Crippen MR) is 99.2 cm³/mol. The highest BCUT2D eigenvalue weighted by Gasteiger charge is 2.56. The van der Waals surface area contributed by atoms with Gasteiger partial charge in [0.25, 0.3) is 0 Å². The van der Waals surface area contributed by atoms with E-state index in [4.69, 9.17) is 0 Å². The van der Waals surface area contributed by atoms with Crippen LogP contribution in [0.3, 0.4) is 0 Å². The monoisotopic (exact) mass is 336 g/mol. The van der Waals surface area contributed by atoms with Gasteiger partial charge in [-0.2, -0.15) is 0 Å². The van der Waals surface area contributed by atoms with Gasteiger partial charge in [-0.05, 0) is 50.3 Å². The first kappa shape index (κ1) is 17.2. The van der Waals surface area contributed by atoms with Crippen LogP contribution in [0.15, 0.2) is 48.5 Å². The number of nitrogens with one attached hydrogen (secondary N) is 2. The van der Waals surface area contributed by atoms with E-state index in [0.717, 1.165) is 22.4 Å². The van der Waals surface area contributed by atoms with Crippen molar-refractivity contribution in [3.8, 4) is 0 Å². The Morgan fingerprint density at radius 2 is 1.52 bits per heavy atom. The number of carbonyl (C=O) groups is 2. The van der Waals surface area contributed by atoms with Gasteiger partial charge in [0.1, 0.15) is 5.41 Å². The van der Waals surface area contributed by atoms with Crippen molar-refractivity contribution < 1.29 is 9.59 Å². The normalized spacial score (nSPS) is 16.0. The molecule has 1 aliphatic rings. The number of benzene rings is 2. The summed E-state index contributed by atoms with van der Waals surface area (Å²) < 4.78 is 0. The fourth-order valence-corrected chi connectivity index (χ4v) is 3.09. The molecular weight excluding hydrogens is 312 g/mol. The van der Waals surface area contributed by atoms with Gasteiger partial charge in [-0.3, -0.25) is 9.59 Å². The first-order chi connectivity index (χ1) is 11.9. The molecule has 0 radical (unpaired) electrons. The maximum absolute atomic E-state index is 12.8. The molecule has 0 heterocycles.